The van der Waals surface area contributed by atoms with Crippen molar-refractivity contribution in [2.75, 3.05) is 13.2 Å². The van der Waals surface area contributed by atoms with E-state index < -0.39 is 0 Å². The molecule has 1 aliphatic rings. The SMILES string of the molecule is CCC(C)(C)C1CCC(C#N)C(OCCOC(C)C)C1. The first-order chi connectivity index (χ1) is 9.40. The normalized spacial score (nSPS) is 27.6. The van der Waals surface area contributed by atoms with Gasteiger partial charge in [0, 0.05) is 0 Å². The zero-order chi connectivity index (χ0) is 15.2. The molecule has 1 fully saturated rings. The van der Waals surface area contributed by atoms with E-state index in [1.165, 1.54) is 6.42 Å². The van der Waals surface area contributed by atoms with Gasteiger partial charge in [-0.2, -0.15) is 5.26 Å². The van der Waals surface area contributed by atoms with Gasteiger partial charge in [-0.3, -0.25) is 0 Å². The highest BCUT2D eigenvalue weighted by molar-refractivity contribution is 4.96. The largest absolute Gasteiger partial charge is 0.376 e. The van der Waals surface area contributed by atoms with Gasteiger partial charge in [-0.1, -0.05) is 27.2 Å². The van der Waals surface area contributed by atoms with E-state index >= 15 is 0 Å². The van der Waals surface area contributed by atoms with Crippen LogP contribution in [0, 0.1) is 28.6 Å². The van der Waals surface area contributed by atoms with Crippen molar-refractivity contribution >= 4 is 0 Å². The molecule has 0 saturated heterocycles. The molecule has 0 aliphatic heterocycles. The lowest BCUT2D eigenvalue weighted by molar-refractivity contribution is -0.0581. The van der Waals surface area contributed by atoms with E-state index in [0.29, 0.717) is 24.5 Å². The Hall–Kier alpha value is -0.590. The predicted octanol–water partition coefficient (Wildman–Crippen LogP) is 4.17. The minimum atomic E-state index is 0.0537. The summed E-state index contributed by atoms with van der Waals surface area (Å²) in [4.78, 5) is 0. The lowest BCUT2D eigenvalue weighted by atomic mass is 9.67. The summed E-state index contributed by atoms with van der Waals surface area (Å²) in [7, 11) is 0. The average Bonchev–Trinajstić information content (AvgIpc) is 2.43. The van der Waals surface area contributed by atoms with Crippen LogP contribution in [0.15, 0.2) is 0 Å². The molecule has 20 heavy (non-hydrogen) atoms. The van der Waals surface area contributed by atoms with Crippen molar-refractivity contribution in [2.45, 2.75) is 72.5 Å². The van der Waals surface area contributed by atoms with E-state index in [1.807, 2.05) is 13.8 Å². The summed E-state index contributed by atoms with van der Waals surface area (Å²) >= 11 is 0. The van der Waals surface area contributed by atoms with Crippen LogP contribution in [-0.4, -0.2) is 25.4 Å². The molecular formula is C17H31NO2. The smallest absolute Gasteiger partial charge is 0.0737 e. The highest BCUT2D eigenvalue weighted by Crippen LogP contribution is 2.42. The van der Waals surface area contributed by atoms with Crippen molar-refractivity contribution in [3.8, 4) is 6.07 Å². The maximum Gasteiger partial charge on any atom is 0.0737 e. The Kier molecular flexibility index (Phi) is 6.99. The Morgan fingerprint density at radius 1 is 1.25 bits per heavy atom. The van der Waals surface area contributed by atoms with Crippen LogP contribution < -0.4 is 0 Å². The lowest BCUT2D eigenvalue weighted by Crippen LogP contribution is -2.37. The minimum Gasteiger partial charge on any atom is -0.376 e. The number of ether oxygens (including phenoxy) is 2. The molecule has 116 valence electrons. The number of hydrogen-bond acceptors (Lipinski definition) is 3. The molecular weight excluding hydrogens is 250 g/mol. The number of nitrogens with zero attached hydrogens (tertiary/aromatic N) is 1. The van der Waals surface area contributed by atoms with Crippen molar-refractivity contribution in [1.82, 2.24) is 0 Å². The Morgan fingerprint density at radius 2 is 1.95 bits per heavy atom. The predicted molar refractivity (Wildman–Crippen MR) is 81.3 cm³/mol. The molecule has 3 nitrogen and oxygen atoms in total. The fourth-order valence-corrected chi connectivity index (χ4v) is 2.94. The van der Waals surface area contributed by atoms with E-state index in [2.05, 4.69) is 26.8 Å². The summed E-state index contributed by atoms with van der Waals surface area (Å²) in [6.45, 7) is 12.2. The van der Waals surface area contributed by atoms with Crippen molar-refractivity contribution in [3.63, 3.8) is 0 Å². The second kappa shape index (κ2) is 8.00. The van der Waals surface area contributed by atoms with Gasteiger partial charge in [-0.25, -0.2) is 0 Å². The van der Waals surface area contributed by atoms with Crippen LogP contribution in [0.3, 0.4) is 0 Å². The van der Waals surface area contributed by atoms with Crippen LogP contribution >= 0.6 is 0 Å². The summed E-state index contributed by atoms with van der Waals surface area (Å²) < 4.78 is 11.5. The Morgan fingerprint density at radius 3 is 2.50 bits per heavy atom. The molecule has 0 aromatic carbocycles. The highest BCUT2D eigenvalue weighted by Gasteiger charge is 2.37. The second-order valence-corrected chi connectivity index (χ2v) is 6.92. The van der Waals surface area contributed by atoms with E-state index in [9.17, 15) is 5.26 Å². The Balaban J connectivity index is 2.49. The number of rotatable bonds is 7. The molecule has 1 rings (SSSR count). The fourth-order valence-electron chi connectivity index (χ4n) is 2.94. The summed E-state index contributed by atoms with van der Waals surface area (Å²) in [6, 6.07) is 2.43. The molecule has 0 aromatic heterocycles. The minimum absolute atomic E-state index is 0.0537. The third-order valence-electron chi connectivity index (χ3n) is 4.84. The molecule has 0 amide bonds. The molecule has 1 aliphatic carbocycles. The van der Waals surface area contributed by atoms with Gasteiger partial charge in [-0.15, -0.1) is 0 Å². The first-order valence-electron chi connectivity index (χ1n) is 8.03. The summed E-state index contributed by atoms with van der Waals surface area (Å²) in [5.74, 6) is 0.714. The summed E-state index contributed by atoms with van der Waals surface area (Å²) in [6.07, 6.45) is 4.64. The van der Waals surface area contributed by atoms with Gasteiger partial charge in [-0.05, 0) is 44.4 Å². The van der Waals surface area contributed by atoms with Gasteiger partial charge < -0.3 is 9.47 Å². The third-order valence-corrected chi connectivity index (χ3v) is 4.84. The van der Waals surface area contributed by atoms with Gasteiger partial charge in [0.25, 0.3) is 0 Å². The van der Waals surface area contributed by atoms with E-state index in [-0.39, 0.29) is 18.1 Å². The topological polar surface area (TPSA) is 42.2 Å². The molecule has 0 bridgehead atoms. The molecule has 1 saturated carbocycles. The zero-order valence-electron chi connectivity index (χ0n) is 13.8. The van der Waals surface area contributed by atoms with E-state index in [4.69, 9.17) is 9.47 Å². The van der Waals surface area contributed by atoms with E-state index in [1.54, 1.807) is 0 Å². The van der Waals surface area contributed by atoms with Crippen LogP contribution in [0.4, 0.5) is 0 Å². The van der Waals surface area contributed by atoms with Gasteiger partial charge in [0.15, 0.2) is 0 Å². The second-order valence-electron chi connectivity index (χ2n) is 6.92. The summed E-state index contributed by atoms with van der Waals surface area (Å²) in [5.41, 5.74) is 0.344. The highest BCUT2D eigenvalue weighted by atomic mass is 16.5. The molecule has 0 spiro atoms. The average molecular weight is 281 g/mol. The summed E-state index contributed by atoms with van der Waals surface area (Å²) in [5, 5.41) is 9.29. The molecule has 3 atom stereocenters. The molecule has 0 N–H and O–H groups in total. The van der Waals surface area contributed by atoms with Crippen LogP contribution in [-0.2, 0) is 9.47 Å². The number of nitriles is 1. The maximum absolute atomic E-state index is 9.29. The van der Waals surface area contributed by atoms with Crippen molar-refractivity contribution < 1.29 is 9.47 Å². The first kappa shape index (κ1) is 17.5. The third kappa shape index (κ3) is 5.07. The van der Waals surface area contributed by atoms with Gasteiger partial charge >= 0.3 is 0 Å². The molecule has 3 unspecified atom stereocenters. The molecule has 0 radical (unpaired) electrons. The van der Waals surface area contributed by atoms with Gasteiger partial charge in [0.2, 0.25) is 0 Å². The van der Waals surface area contributed by atoms with Crippen LogP contribution in [0.2, 0.25) is 0 Å². The molecule has 0 heterocycles. The van der Waals surface area contributed by atoms with Gasteiger partial charge in [0.1, 0.15) is 0 Å². The lowest BCUT2D eigenvalue weighted by Gasteiger charge is -2.41. The molecule has 3 heteroatoms. The van der Waals surface area contributed by atoms with Crippen molar-refractivity contribution in [3.05, 3.63) is 0 Å². The van der Waals surface area contributed by atoms with Gasteiger partial charge in [0.05, 0.1) is 37.4 Å². The quantitative estimate of drug-likeness (QED) is 0.658. The maximum atomic E-state index is 9.29. The zero-order valence-corrected chi connectivity index (χ0v) is 13.8. The standard InChI is InChI=1S/C17H31NO2/c1-6-17(4,5)15-8-7-14(12-18)16(11-15)20-10-9-19-13(2)3/h13-16H,6-11H2,1-5H3. The van der Waals surface area contributed by atoms with Crippen LogP contribution in [0.25, 0.3) is 0 Å². The number of hydrogen-bond donors (Lipinski definition) is 0. The molecule has 0 aromatic rings. The van der Waals surface area contributed by atoms with Crippen LogP contribution in [0.5, 0.6) is 0 Å². The van der Waals surface area contributed by atoms with Crippen molar-refractivity contribution in [1.29, 1.82) is 5.26 Å². The van der Waals surface area contributed by atoms with Crippen LogP contribution in [0.1, 0.15) is 60.3 Å². The van der Waals surface area contributed by atoms with E-state index in [0.717, 1.165) is 19.3 Å². The van der Waals surface area contributed by atoms with Crippen molar-refractivity contribution in [2.24, 2.45) is 17.3 Å². The Bertz CT molecular complexity index is 319. The monoisotopic (exact) mass is 281 g/mol. The Labute approximate surface area is 124 Å². The first-order valence-corrected chi connectivity index (χ1v) is 8.03. The fraction of sp³-hybridized carbons (Fsp3) is 0.941.